The Morgan fingerprint density at radius 2 is 2.11 bits per heavy atom. The molecule has 1 aliphatic carbocycles. The minimum atomic E-state index is -0.120. The molecule has 0 aromatic heterocycles. The third-order valence-electron chi connectivity index (χ3n) is 5.19. The zero-order valence-corrected chi connectivity index (χ0v) is 12.0. The average Bonchev–Trinajstić information content (AvgIpc) is 2.94. The van der Waals surface area contributed by atoms with Gasteiger partial charge in [-0.3, -0.25) is 4.90 Å². The molecule has 0 aromatic carbocycles. The Balaban J connectivity index is 1.47. The molecule has 4 heteroatoms. The third-order valence-corrected chi connectivity index (χ3v) is 5.19. The van der Waals surface area contributed by atoms with Crippen molar-refractivity contribution in [2.45, 2.75) is 57.5 Å². The number of amides is 1. The molecule has 2 saturated heterocycles. The quantitative estimate of drug-likeness (QED) is 0.783. The first kappa shape index (κ1) is 13.2. The summed E-state index contributed by atoms with van der Waals surface area (Å²) in [5.74, 6) is 0.945. The van der Waals surface area contributed by atoms with E-state index >= 15 is 0 Å². The molecule has 108 valence electrons. The summed E-state index contributed by atoms with van der Waals surface area (Å²) in [6, 6.07) is 1.56. The summed E-state index contributed by atoms with van der Waals surface area (Å²) >= 11 is 0. The lowest BCUT2D eigenvalue weighted by Gasteiger charge is -2.33. The van der Waals surface area contributed by atoms with E-state index in [-0.39, 0.29) is 6.09 Å². The summed E-state index contributed by atoms with van der Waals surface area (Å²) in [6.45, 7) is 5.73. The second-order valence-electron chi connectivity index (χ2n) is 6.39. The maximum absolute atomic E-state index is 11.4. The van der Waals surface area contributed by atoms with Gasteiger partial charge >= 0.3 is 6.09 Å². The van der Waals surface area contributed by atoms with Gasteiger partial charge in [-0.15, -0.1) is 0 Å². The number of fused-ring (bicyclic) bond motifs is 1. The number of rotatable bonds is 4. The first-order valence-electron chi connectivity index (χ1n) is 7.93. The molecule has 2 heterocycles. The van der Waals surface area contributed by atoms with Gasteiger partial charge in [0.2, 0.25) is 0 Å². The van der Waals surface area contributed by atoms with Gasteiger partial charge < -0.3 is 9.64 Å². The molecule has 1 saturated carbocycles. The summed E-state index contributed by atoms with van der Waals surface area (Å²) in [7, 11) is 0. The van der Waals surface area contributed by atoms with Crippen LogP contribution in [-0.4, -0.2) is 54.2 Å². The minimum absolute atomic E-state index is 0.120. The monoisotopic (exact) mass is 266 g/mol. The number of hydrogen-bond acceptors (Lipinski definition) is 3. The van der Waals surface area contributed by atoms with Gasteiger partial charge in [0.15, 0.2) is 0 Å². The van der Waals surface area contributed by atoms with Crippen LogP contribution < -0.4 is 0 Å². The van der Waals surface area contributed by atoms with Crippen molar-refractivity contribution in [2.24, 2.45) is 5.92 Å². The zero-order chi connectivity index (χ0) is 13.2. The molecule has 0 N–H and O–H groups in total. The largest absolute Gasteiger partial charge is 0.448 e. The molecule has 3 fully saturated rings. The predicted octanol–water partition coefficient (Wildman–Crippen LogP) is 2.48. The van der Waals surface area contributed by atoms with Crippen LogP contribution in [0.3, 0.4) is 0 Å². The molecule has 0 radical (unpaired) electrons. The lowest BCUT2D eigenvalue weighted by molar-refractivity contribution is 0.142. The molecule has 1 amide bonds. The summed E-state index contributed by atoms with van der Waals surface area (Å²) in [5.41, 5.74) is 0. The molecule has 0 aromatic rings. The number of likely N-dealkylation sites (tertiary alicyclic amines) is 1. The van der Waals surface area contributed by atoms with Gasteiger partial charge in [0.05, 0.1) is 6.54 Å². The van der Waals surface area contributed by atoms with Crippen molar-refractivity contribution in [1.82, 2.24) is 9.80 Å². The summed E-state index contributed by atoms with van der Waals surface area (Å²) in [4.78, 5) is 15.9. The van der Waals surface area contributed by atoms with Crippen molar-refractivity contribution in [3.63, 3.8) is 0 Å². The molecule has 3 rings (SSSR count). The van der Waals surface area contributed by atoms with Gasteiger partial charge in [0, 0.05) is 25.2 Å². The number of carbonyl (C=O) groups is 1. The van der Waals surface area contributed by atoms with Crippen LogP contribution in [0.4, 0.5) is 4.79 Å². The van der Waals surface area contributed by atoms with E-state index in [1.807, 2.05) is 4.90 Å². The molecule has 0 bridgehead atoms. The highest BCUT2D eigenvalue weighted by molar-refractivity contribution is 5.69. The van der Waals surface area contributed by atoms with Gasteiger partial charge in [-0.2, -0.15) is 0 Å². The number of nitrogens with zero attached hydrogens (tertiary/aromatic N) is 2. The van der Waals surface area contributed by atoms with Crippen molar-refractivity contribution in [3.8, 4) is 0 Å². The second-order valence-corrected chi connectivity index (χ2v) is 6.39. The van der Waals surface area contributed by atoms with Gasteiger partial charge in [0.25, 0.3) is 0 Å². The highest BCUT2D eigenvalue weighted by Crippen LogP contribution is 2.39. The van der Waals surface area contributed by atoms with Crippen LogP contribution in [0, 0.1) is 5.92 Å². The van der Waals surface area contributed by atoms with E-state index < -0.39 is 0 Å². The average molecular weight is 266 g/mol. The standard InChI is InChI=1S/C15H26N2O2/c1-12-11-13-5-2-3-6-14(13)17(12)8-4-7-16-9-10-19-15(16)18/h12-14H,2-11H2,1H3/t12-,13+,14-/m1/s1. The molecular weight excluding hydrogens is 240 g/mol. The lowest BCUT2D eigenvalue weighted by Crippen LogP contribution is -2.39. The Hall–Kier alpha value is -0.770. The van der Waals surface area contributed by atoms with Gasteiger partial charge in [0.1, 0.15) is 6.61 Å². The number of ether oxygens (including phenoxy) is 1. The summed E-state index contributed by atoms with van der Waals surface area (Å²) < 4.78 is 4.97. The molecular formula is C15H26N2O2. The highest BCUT2D eigenvalue weighted by atomic mass is 16.6. The Morgan fingerprint density at radius 3 is 2.89 bits per heavy atom. The highest BCUT2D eigenvalue weighted by Gasteiger charge is 2.39. The first-order valence-corrected chi connectivity index (χ1v) is 7.93. The number of hydrogen-bond donors (Lipinski definition) is 0. The predicted molar refractivity (Wildman–Crippen MR) is 74.1 cm³/mol. The van der Waals surface area contributed by atoms with E-state index in [0.29, 0.717) is 6.61 Å². The van der Waals surface area contributed by atoms with Crippen LogP contribution in [0.5, 0.6) is 0 Å². The zero-order valence-electron chi connectivity index (χ0n) is 12.0. The second kappa shape index (κ2) is 5.70. The first-order chi connectivity index (χ1) is 9.25. The van der Waals surface area contributed by atoms with E-state index in [1.54, 1.807) is 0 Å². The van der Waals surface area contributed by atoms with Gasteiger partial charge in [-0.25, -0.2) is 4.79 Å². The molecule has 0 spiro atoms. The number of cyclic esters (lactones) is 1. The van der Waals surface area contributed by atoms with Crippen molar-refractivity contribution < 1.29 is 9.53 Å². The van der Waals surface area contributed by atoms with E-state index in [4.69, 9.17) is 4.74 Å². The van der Waals surface area contributed by atoms with Crippen molar-refractivity contribution >= 4 is 6.09 Å². The third kappa shape index (κ3) is 2.73. The topological polar surface area (TPSA) is 32.8 Å². The molecule has 2 aliphatic heterocycles. The van der Waals surface area contributed by atoms with Crippen molar-refractivity contribution in [2.75, 3.05) is 26.2 Å². The van der Waals surface area contributed by atoms with Crippen LogP contribution in [0.2, 0.25) is 0 Å². The van der Waals surface area contributed by atoms with Crippen LogP contribution >= 0.6 is 0 Å². The van der Waals surface area contributed by atoms with E-state index in [0.717, 1.165) is 44.1 Å². The minimum Gasteiger partial charge on any atom is -0.448 e. The normalized spacial score (nSPS) is 35.5. The Morgan fingerprint density at radius 1 is 1.26 bits per heavy atom. The van der Waals surface area contributed by atoms with Crippen LogP contribution in [0.15, 0.2) is 0 Å². The molecule has 0 unspecified atom stereocenters. The lowest BCUT2D eigenvalue weighted by atomic mass is 9.85. The maximum Gasteiger partial charge on any atom is 0.409 e. The van der Waals surface area contributed by atoms with Crippen LogP contribution in [0.25, 0.3) is 0 Å². The fourth-order valence-corrected chi connectivity index (χ4v) is 4.26. The summed E-state index contributed by atoms with van der Waals surface area (Å²) in [5, 5.41) is 0. The molecule has 3 aliphatic rings. The maximum atomic E-state index is 11.4. The molecule has 4 nitrogen and oxygen atoms in total. The fraction of sp³-hybridized carbons (Fsp3) is 0.933. The van der Waals surface area contributed by atoms with Gasteiger partial charge in [-0.05, 0) is 38.5 Å². The Bertz CT molecular complexity index is 334. The Kier molecular flexibility index (Phi) is 3.96. The smallest absolute Gasteiger partial charge is 0.409 e. The van der Waals surface area contributed by atoms with Crippen LogP contribution in [-0.2, 0) is 4.74 Å². The summed E-state index contributed by atoms with van der Waals surface area (Å²) in [6.07, 6.45) is 8.01. The van der Waals surface area contributed by atoms with Gasteiger partial charge in [-0.1, -0.05) is 12.8 Å². The number of carbonyl (C=O) groups excluding carboxylic acids is 1. The Labute approximate surface area is 116 Å². The molecule has 3 atom stereocenters. The van der Waals surface area contributed by atoms with E-state index in [9.17, 15) is 4.79 Å². The van der Waals surface area contributed by atoms with E-state index in [2.05, 4.69) is 11.8 Å². The fourth-order valence-electron chi connectivity index (χ4n) is 4.26. The van der Waals surface area contributed by atoms with E-state index in [1.165, 1.54) is 32.1 Å². The SMILES string of the molecule is C[C@@H]1C[C@@H]2CCCC[C@H]2N1CCCN1CCOC1=O. The van der Waals surface area contributed by atoms with Crippen molar-refractivity contribution in [3.05, 3.63) is 0 Å². The van der Waals surface area contributed by atoms with Crippen molar-refractivity contribution in [1.29, 1.82) is 0 Å². The van der Waals surface area contributed by atoms with Crippen LogP contribution in [0.1, 0.15) is 45.4 Å². The molecule has 19 heavy (non-hydrogen) atoms.